The fourth-order valence-electron chi connectivity index (χ4n) is 3.64. The minimum Gasteiger partial charge on any atom is -0.459 e. The molecule has 0 aromatic heterocycles. The Bertz CT molecular complexity index is 796. The van der Waals surface area contributed by atoms with Crippen LogP contribution in [0, 0.1) is 11.6 Å². The molecule has 0 spiro atoms. The summed E-state index contributed by atoms with van der Waals surface area (Å²) in [6, 6.07) is 10.1. The van der Waals surface area contributed by atoms with E-state index in [0.717, 1.165) is 38.7 Å². The Morgan fingerprint density at radius 3 is 2.24 bits per heavy atom. The van der Waals surface area contributed by atoms with E-state index in [4.69, 9.17) is 9.47 Å². The Morgan fingerprint density at radius 1 is 0.931 bits per heavy atom. The molecule has 1 saturated carbocycles. The molecule has 156 valence electrons. The summed E-state index contributed by atoms with van der Waals surface area (Å²) in [5.74, 6) is -1.62. The van der Waals surface area contributed by atoms with Gasteiger partial charge >= 0.3 is 5.97 Å². The molecule has 3 nitrogen and oxygen atoms in total. The van der Waals surface area contributed by atoms with Crippen molar-refractivity contribution in [2.45, 2.75) is 64.1 Å². The van der Waals surface area contributed by atoms with Crippen molar-refractivity contribution < 1.29 is 23.0 Å². The van der Waals surface area contributed by atoms with Crippen molar-refractivity contribution in [1.82, 2.24) is 0 Å². The lowest BCUT2D eigenvalue weighted by Crippen LogP contribution is -2.28. The quantitative estimate of drug-likeness (QED) is 0.384. The molecule has 2 aromatic rings. The summed E-state index contributed by atoms with van der Waals surface area (Å²) in [6.45, 7) is 2.95. The maximum Gasteiger partial charge on any atom is 0.341 e. The lowest BCUT2D eigenvalue weighted by Gasteiger charge is -2.28. The van der Waals surface area contributed by atoms with Crippen LogP contribution in [0.15, 0.2) is 42.5 Å². The molecule has 0 amide bonds. The number of ether oxygens (including phenoxy) is 2. The van der Waals surface area contributed by atoms with Crippen molar-refractivity contribution in [3.63, 3.8) is 0 Å². The smallest absolute Gasteiger partial charge is 0.341 e. The van der Waals surface area contributed by atoms with Gasteiger partial charge in [-0.1, -0.05) is 38.0 Å². The van der Waals surface area contributed by atoms with E-state index in [2.05, 4.69) is 6.92 Å². The SMILES string of the molecule is CCCCCOC1CCC(OC(=O)c2ccc(-c3ccc(F)cc3)cc2F)CC1. The van der Waals surface area contributed by atoms with Crippen LogP contribution in [0.2, 0.25) is 0 Å². The zero-order valence-electron chi connectivity index (χ0n) is 16.8. The number of rotatable bonds is 8. The molecule has 0 aliphatic heterocycles. The van der Waals surface area contributed by atoms with Crippen molar-refractivity contribution in [3.05, 3.63) is 59.7 Å². The number of carbonyl (C=O) groups excluding carboxylic acids is 1. The van der Waals surface area contributed by atoms with Gasteiger partial charge in [-0.2, -0.15) is 0 Å². The predicted molar refractivity (Wildman–Crippen MR) is 109 cm³/mol. The molecule has 0 radical (unpaired) electrons. The first-order valence-corrected chi connectivity index (χ1v) is 10.4. The lowest BCUT2D eigenvalue weighted by atomic mass is 9.95. The second-order valence-corrected chi connectivity index (χ2v) is 7.58. The molecule has 1 aliphatic rings. The van der Waals surface area contributed by atoms with E-state index < -0.39 is 11.8 Å². The first kappa shape index (κ1) is 21.4. The minimum atomic E-state index is -0.638. The summed E-state index contributed by atoms with van der Waals surface area (Å²) >= 11 is 0. The van der Waals surface area contributed by atoms with E-state index in [0.29, 0.717) is 11.1 Å². The number of carbonyl (C=O) groups is 1. The molecule has 0 unspecified atom stereocenters. The van der Waals surface area contributed by atoms with Crippen LogP contribution in [0.3, 0.4) is 0 Å². The third kappa shape index (κ3) is 6.10. The molecule has 0 bridgehead atoms. The van der Waals surface area contributed by atoms with Crippen molar-refractivity contribution in [2.75, 3.05) is 6.61 Å². The fourth-order valence-corrected chi connectivity index (χ4v) is 3.64. The summed E-state index contributed by atoms with van der Waals surface area (Å²) < 4.78 is 38.9. The highest BCUT2D eigenvalue weighted by Gasteiger charge is 2.25. The van der Waals surface area contributed by atoms with Crippen LogP contribution < -0.4 is 0 Å². The number of hydrogen-bond donors (Lipinski definition) is 0. The van der Waals surface area contributed by atoms with Crippen molar-refractivity contribution in [3.8, 4) is 11.1 Å². The molecular weight excluding hydrogens is 374 g/mol. The molecule has 5 heteroatoms. The number of hydrogen-bond acceptors (Lipinski definition) is 3. The van der Waals surface area contributed by atoms with Crippen LogP contribution >= 0.6 is 0 Å². The monoisotopic (exact) mass is 402 g/mol. The normalized spacial score (nSPS) is 19.1. The number of benzene rings is 2. The third-order valence-electron chi connectivity index (χ3n) is 5.36. The topological polar surface area (TPSA) is 35.5 Å². The third-order valence-corrected chi connectivity index (χ3v) is 5.36. The number of unbranched alkanes of at least 4 members (excludes halogenated alkanes) is 2. The van der Waals surface area contributed by atoms with Crippen molar-refractivity contribution >= 4 is 5.97 Å². The van der Waals surface area contributed by atoms with Crippen molar-refractivity contribution in [1.29, 1.82) is 0 Å². The van der Waals surface area contributed by atoms with Crippen LogP contribution in [0.25, 0.3) is 11.1 Å². The van der Waals surface area contributed by atoms with Crippen LogP contribution in [0.5, 0.6) is 0 Å². The van der Waals surface area contributed by atoms with E-state index in [1.165, 1.54) is 37.1 Å². The molecule has 0 N–H and O–H groups in total. The Kier molecular flexibility index (Phi) is 7.76. The summed E-state index contributed by atoms with van der Waals surface area (Å²) in [4.78, 5) is 12.4. The van der Waals surface area contributed by atoms with E-state index in [-0.39, 0.29) is 23.6 Å². The average Bonchev–Trinajstić information content (AvgIpc) is 2.73. The van der Waals surface area contributed by atoms with Gasteiger partial charge in [0.05, 0.1) is 11.7 Å². The maximum absolute atomic E-state index is 14.5. The van der Waals surface area contributed by atoms with Crippen molar-refractivity contribution in [2.24, 2.45) is 0 Å². The molecule has 0 saturated heterocycles. The summed E-state index contributed by atoms with van der Waals surface area (Å²) in [6.07, 6.45) is 6.65. The van der Waals surface area contributed by atoms with Gasteiger partial charge in [0, 0.05) is 6.61 Å². The molecule has 0 heterocycles. The van der Waals surface area contributed by atoms with E-state index in [1.54, 1.807) is 18.2 Å². The standard InChI is InChI=1S/C24H28F2O3/c1-2-3-4-15-28-20-10-12-21(13-11-20)29-24(27)22-14-7-18(16-23(22)26)17-5-8-19(25)9-6-17/h5-9,14,16,20-21H,2-4,10-13,15H2,1H3. The highest BCUT2D eigenvalue weighted by Crippen LogP contribution is 2.26. The Hall–Kier alpha value is -2.27. The first-order chi connectivity index (χ1) is 14.1. The van der Waals surface area contributed by atoms with Gasteiger partial charge in [0.1, 0.15) is 17.7 Å². The predicted octanol–water partition coefficient (Wildman–Crippen LogP) is 6.31. The highest BCUT2D eigenvalue weighted by molar-refractivity contribution is 5.90. The summed E-state index contributed by atoms with van der Waals surface area (Å²) in [5.41, 5.74) is 1.19. The molecule has 3 rings (SSSR count). The highest BCUT2D eigenvalue weighted by atomic mass is 19.1. The minimum absolute atomic E-state index is 0.0752. The molecule has 2 aromatic carbocycles. The van der Waals surface area contributed by atoms with Gasteiger partial charge in [-0.05, 0) is 67.5 Å². The van der Waals surface area contributed by atoms with Gasteiger partial charge in [0.15, 0.2) is 0 Å². The first-order valence-electron chi connectivity index (χ1n) is 10.4. The zero-order valence-corrected chi connectivity index (χ0v) is 16.8. The van der Waals surface area contributed by atoms with Gasteiger partial charge in [0.25, 0.3) is 0 Å². The van der Waals surface area contributed by atoms with Gasteiger partial charge < -0.3 is 9.47 Å². The van der Waals surface area contributed by atoms with Crippen LogP contribution in [0.1, 0.15) is 62.2 Å². The van der Waals surface area contributed by atoms with Gasteiger partial charge in [-0.15, -0.1) is 0 Å². The molecular formula is C24H28F2O3. The second-order valence-electron chi connectivity index (χ2n) is 7.58. The molecule has 1 fully saturated rings. The second kappa shape index (κ2) is 10.5. The number of esters is 1. The summed E-state index contributed by atoms with van der Waals surface area (Å²) in [7, 11) is 0. The maximum atomic E-state index is 14.5. The average molecular weight is 402 g/mol. The lowest BCUT2D eigenvalue weighted by molar-refractivity contribution is -0.0205. The Morgan fingerprint density at radius 2 is 1.59 bits per heavy atom. The van der Waals surface area contributed by atoms with E-state index in [1.807, 2.05) is 0 Å². The Balaban J connectivity index is 1.51. The Labute approximate surface area is 171 Å². The van der Waals surface area contributed by atoms with Gasteiger partial charge in [-0.3, -0.25) is 0 Å². The van der Waals surface area contributed by atoms with Gasteiger partial charge in [-0.25, -0.2) is 13.6 Å². The van der Waals surface area contributed by atoms with Gasteiger partial charge in [0.2, 0.25) is 0 Å². The number of halogens is 2. The molecule has 0 atom stereocenters. The van der Waals surface area contributed by atoms with E-state index in [9.17, 15) is 13.6 Å². The van der Waals surface area contributed by atoms with E-state index >= 15 is 0 Å². The van der Waals surface area contributed by atoms with Crippen LogP contribution in [-0.4, -0.2) is 24.8 Å². The zero-order chi connectivity index (χ0) is 20.6. The summed E-state index contributed by atoms with van der Waals surface area (Å²) in [5, 5.41) is 0. The molecule has 1 aliphatic carbocycles. The van der Waals surface area contributed by atoms with Crippen LogP contribution in [-0.2, 0) is 9.47 Å². The van der Waals surface area contributed by atoms with Crippen LogP contribution in [0.4, 0.5) is 8.78 Å². The largest absolute Gasteiger partial charge is 0.459 e. The fraction of sp³-hybridized carbons (Fsp3) is 0.458. The molecule has 29 heavy (non-hydrogen) atoms.